The van der Waals surface area contributed by atoms with Crippen LogP contribution < -0.4 is 0 Å². The molecule has 10 rings (SSSR count). The van der Waals surface area contributed by atoms with E-state index in [0.29, 0.717) is 0 Å². The Kier molecular flexibility index (Phi) is 5.06. The van der Waals surface area contributed by atoms with Gasteiger partial charge >= 0.3 is 0 Å². The minimum absolute atomic E-state index is 1.18. The third-order valence-electron chi connectivity index (χ3n) is 9.74. The van der Waals surface area contributed by atoms with Crippen LogP contribution in [0.5, 0.6) is 0 Å². The molecule has 1 heteroatoms. The number of nitrogens with zero attached hydrogens (tertiary/aromatic N) is 1. The zero-order valence-corrected chi connectivity index (χ0v) is 24.5. The normalized spacial score (nSPS) is 12.0. The SMILES string of the molecule is c1ccc(-n2c3ccccc3c3cc(-c4ccc(-c5ccc6c(c5)-c5cccc7cccc-6c57)c5ccccc45)ccc32)cc1. The summed E-state index contributed by atoms with van der Waals surface area (Å²) < 4.78 is 2.38. The van der Waals surface area contributed by atoms with E-state index >= 15 is 0 Å². The Bertz CT molecular complexity index is 2630. The van der Waals surface area contributed by atoms with Crippen molar-refractivity contribution >= 4 is 43.4 Å². The van der Waals surface area contributed by atoms with Gasteiger partial charge < -0.3 is 4.57 Å². The van der Waals surface area contributed by atoms with E-state index in [1.807, 2.05) is 0 Å². The summed E-state index contributed by atoms with van der Waals surface area (Å²) in [7, 11) is 0. The van der Waals surface area contributed by atoms with Gasteiger partial charge in [-0.15, -0.1) is 0 Å². The second-order valence-corrected chi connectivity index (χ2v) is 12.1. The molecule has 1 aliphatic carbocycles. The maximum atomic E-state index is 2.40. The van der Waals surface area contributed by atoms with Crippen LogP contribution in [0.4, 0.5) is 0 Å². The van der Waals surface area contributed by atoms with Crippen molar-refractivity contribution in [3.8, 4) is 50.2 Å². The van der Waals surface area contributed by atoms with E-state index < -0.39 is 0 Å². The van der Waals surface area contributed by atoms with Crippen LogP contribution >= 0.6 is 0 Å². The van der Waals surface area contributed by atoms with Crippen molar-refractivity contribution in [1.29, 1.82) is 0 Å². The summed E-state index contributed by atoms with van der Waals surface area (Å²) in [4.78, 5) is 0. The van der Waals surface area contributed by atoms with Crippen molar-refractivity contribution in [2.75, 3.05) is 0 Å². The minimum Gasteiger partial charge on any atom is -0.309 e. The second-order valence-electron chi connectivity index (χ2n) is 12.1. The molecule has 0 bridgehead atoms. The molecule has 45 heavy (non-hydrogen) atoms. The molecule has 8 aromatic carbocycles. The average Bonchev–Trinajstić information content (AvgIpc) is 3.61. The van der Waals surface area contributed by atoms with Crippen LogP contribution in [0.15, 0.2) is 164 Å². The first kappa shape index (κ1) is 24.5. The van der Waals surface area contributed by atoms with Crippen LogP contribution in [-0.4, -0.2) is 4.57 Å². The molecule has 1 nitrogen and oxygen atoms in total. The molecule has 0 N–H and O–H groups in total. The fourth-order valence-electron chi connectivity index (χ4n) is 7.76. The Morgan fingerprint density at radius 2 is 0.889 bits per heavy atom. The first-order valence-corrected chi connectivity index (χ1v) is 15.6. The monoisotopic (exact) mass is 569 g/mol. The third kappa shape index (κ3) is 3.50. The van der Waals surface area contributed by atoms with Crippen molar-refractivity contribution in [3.05, 3.63) is 164 Å². The number of rotatable bonds is 3. The minimum atomic E-state index is 1.18. The Balaban J connectivity index is 1.15. The van der Waals surface area contributed by atoms with Crippen molar-refractivity contribution in [2.24, 2.45) is 0 Å². The molecule has 0 unspecified atom stereocenters. The molecule has 9 aromatic rings. The van der Waals surface area contributed by atoms with Crippen LogP contribution in [0.3, 0.4) is 0 Å². The number of benzene rings is 8. The maximum absolute atomic E-state index is 2.40. The van der Waals surface area contributed by atoms with Gasteiger partial charge in [0.2, 0.25) is 0 Å². The lowest BCUT2D eigenvalue weighted by atomic mass is 9.90. The van der Waals surface area contributed by atoms with Crippen LogP contribution in [0, 0.1) is 0 Å². The molecule has 1 aromatic heterocycles. The number of hydrogen-bond acceptors (Lipinski definition) is 0. The Morgan fingerprint density at radius 3 is 1.64 bits per heavy atom. The fraction of sp³-hybridized carbons (Fsp3) is 0. The largest absolute Gasteiger partial charge is 0.309 e. The summed E-state index contributed by atoms with van der Waals surface area (Å²) >= 11 is 0. The van der Waals surface area contributed by atoms with Gasteiger partial charge in [0.05, 0.1) is 11.0 Å². The summed E-state index contributed by atoms with van der Waals surface area (Å²) in [6.07, 6.45) is 0. The van der Waals surface area contributed by atoms with Crippen LogP contribution in [0.1, 0.15) is 0 Å². The molecule has 208 valence electrons. The molecule has 0 radical (unpaired) electrons. The molecule has 0 saturated carbocycles. The summed E-state index contributed by atoms with van der Waals surface area (Å²) in [6, 6.07) is 60.2. The Morgan fingerprint density at radius 1 is 0.311 bits per heavy atom. The van der Waals surface area contributed by atoms with Crippen molar-refractivity contribution in [1.82, 2.24) is 4.57 Å². The molecule has 1 heterocycles. The number of aromatic nitrogens is 1. The predicted molar refractivity (Wildman–Crippen MR) is 191 cm³/mol. The summed E-state index contributed by atoms with van der Waals surface area (Å²) in [5.74, 6) is 0. The van der Waals surface area contributed by atoms with Gasteiger partial charge in [-0.25, -0.2) is 0 Å². The van der Waals surface area contributed by atoms with E-state index in [1.54, 1.807) is 0 Å². The summed E-state index contributed by atoms with van der Waals surface area (Å²) in [5, 5.41) is 7.76. The number of para-hydroxylation sites is 2. The lowest BCUT2D eigenvalue weighted by Gasteiger charge is -2.14. The highest BCUT2D eigenvalue weighted by Crippen LogP contribution is 2.49. The van der Waals surface area contributed by atoms with Gasteiger partial charge in [0.15, 0.2) is 0 Å². The Labute approximate surface area is 261 Å². The maximum Gasteiger partial charge on any atom is 0.0541 e. The zero-order valence-electron chi connectivity index (χ0n) is 24.5. The molecule has 0 saturated heterocycles. The number of hydrogen-bond donors (Lipinski definition) is 0. The fourth-order valence-corrected chi connectivity index (χ4v) is 7.76. The standard InChI is InChI=1S/C44H27N/c1-2-12-31(13-3-1)45-42-19-7-6-16-37(42)41-27-30(21-25-43(41)45)33-24-23-32(34-14-4-5-15-35(33)34)29-20-22-36-38-17-8-10-28-11-9-18-39(44(28)38)40(36)26-29/h1-27H. The van der Waals surface area contributed by atoms with Gasteiger partial charge in [-0.3, -0.25) is 0 Å². The molecular formula is C44H27N. The van der Waals surface area contributed by atoms with E-state index in [1.165, 1.54) is 93.5 Å². The number of fused-ring (bicyclic) bond motifs is 7. The predicted octanol–water partition coefficient (Wildman–Crippen LogP) is 12.1. The molecule has 0 fully saturated rings. The molecule has 0 aliphatic heterocycles. The highest BCUT2D eigenvalue weighted by atomic mass is 15.0. The van der Waals surface area contributed by atoms with Crippen LogP contribution in [-0.2, 0) is 0 Å². The van der Waals surface area contributed by atoms with Gasteiger partial charge in [0.25, 0.3) is 0 Å². The molecule has 0 atom stereocenters. The molecule has 0 amide bonds. The molecule has 0 spiro atoms. The van der Waals surface area contributed by atoms with Crippen LogP contribution in [0.25, 0.3) is 93.5 Å². The molecular weight excluding hydrogens is 542 g/mol. The van der Waals surface area contributed by atoms with Gasteiger partial charge in [0, 0.05) is 16.5 Å². The van der Waals surface area contributed by atoms with Crippen molar-refractivity contribution in [3.63, 3.8) is 0 Å². The highest BCUT2D eigenvalue weighted by molar-refractivity contribution is 6.16. The van der Waals surface area contributed by atoms with Crippen molar-refractivity contribution < 1.29 is 0 Å². The van der Waals surface area contributed by atoms with Gasteiger partial charge in [0.1, 0.15) is 0 Å². The van der Waals surface area contributed by atoms with Gasteiger partial charge in [-0.05, 0) is 102 Å². The average molecular weight is 570 g/mol. The van der Waals surface area contributed by atoms with Crippen molar-refractivity contribution in [2.45, 2.75) is 0 Å². The van der Waals surface area contributed by atoms with Gasteiger partial charge in [-0.2, -0.15) is 0 Å². The van der Waals surface area contributed by atoms with E-state index in [9.17, 15) is 0 Å². The first-order chi connectivity index (χ1) is 22.3. The first-order valence-electron chi connectivity index (χ1n) is 15.6. The zero-order chi connectivity index (χ0) is 29.5. The van der Waals surface area contributed by atoms with Crippen LogP contribution in [0.2, 0.25) is 0 Å². The quantitative estimate of drug-likeness (QED) is 0.199. The van der Waals surface area contributed by atoms with E-state index in [2.05, 4.69) is 168 Å². The summed E-state index contributed by atoms with van der Waals surface area (Å²) in [6.45, 7) is 0. The smallest absolute Gasteiger partial charge is 0.0541 e. The Hall–Kier alpha value is -5.92. The highest BCUT2D eigenvalue weighted by Gasteiger charge is 2.22. The molecule has 1 aliphatic rings. The lowest BCUT2D eigenvalue weighted by molar-refractivity contribution is 1.18. The topological polar surface area (TPSA) is 4.93 Å². The van der Waals surface area contributed by atoms with E-state index in [-0.39, 0.29) is 0 Å². The van der Waals surface area contributed by atoms with E-state index in [4.69, 9.17) is 0 Å². The third-order valence-corrected chi connectivity index (χ3v) is 9.74. The van der Waals surface area contributed by atoms with E-state index in [0.717, 1.165) is 0 Å². The summed E-state index contributed by atoms with van der Waals surface area (Å²) in [5.41, 5.74) is 14.0. The second kappa shape index (κ2) is 9.29. The lowest BCUT2D eigenvalue weighted by Crippen LogP contribution is -1.93. The van der Waals surface area contributed by atoms with Gasteiger partial charge in [-0.1, -0.05) is 127 Å².